The first-order chi connectivity index (χ1) is 16.1. The fraction of sp³-hybridized carbons (Fsp3) is 0.0370. The Labute approximate surface area is 192 Å². The minimum Gasteiger partial charge on any atom is -0.353 e. The summed E-state index contributed by atoms with van der Waals surface area (Å²) in [5.74, 6) is -0.552. The zero-order valence-corrected chi connectivity index (χ0v) is 18.0. The van der Waals surface area contributed by atoms with Gasteiger partial charge in [0.25, 0.3) is 11.8 Å². The molecule has 6 heteroatoms. The van der Waals surface area contributed by atoms with E-state index in [9.17, 15) is 9.59 Å². The van der Waals surface area contributed by atoms with Crippen molar-refractivity contribution in [3.8, 4) is 0 Å². The van der Waals surface area contributed by atoms with Gasteiger partial charge >= 0.3 is 0 Å². The summed E-state index contributed by atoms with van der Waals surface area (Å²) in [5, 5.41) is 3.84. The molecule has 0 atom stereocenters. The number of H-pyrrole nitrogens is 2. The second-order valence-corrected chi connectivity index (χ2v) is 8.85. The Morgan fingerprint density at radius 1 is 0.697 bits per heavy atom. The van der Waals surface area contributed by atoms with Gasteiger partial charge in [0.05, 0.1) is 28.7 Å². The molecule has 0 bridgehead atoms. The minimum atomic E-state index is -0.281. The van der Waals surface area contributed by atoms with Crippen LogP contribution in [0.2, 0.25) is 5.02 Å². The molecule has 5 nitrogen and oxygen atoms in total. The lowest BCUT2D eigenvalue weighted by Gasteiger charge is -2.13. The standard InChI is InChI=1S/C27H16ClN3O2/c28-15-10-11-19-17(12-15)21-23-22(26(32)31(27(23)33)13-14-6-2-1-3-7-14)20-16-8-4-5-9-18(16)29-24(20)25(21)30-19/h1-12,29-30H,13H2. The van der Waals surface area contributed by atoms with Crippen molar-refractivity contribution in [2.75, 3.05) is 0 Å². The van der Waals surface area contributed by atoms with E-state index in [1.54, 1.807) is 0 Å². The number of fused-ring (bicyclic) bond motifs is 10. The minimum absolute atomic E-state index is 0.224. The van der Waals surface area contributed by atoms with Crippen molar-refractivity contribution in [2.24, 2.45) is 0 Å². The van der Waals surface area contributed by atoms with Gasteiger partial charge in [0.1, 0.15) is 0 Å². The quantitative estimate of drug-likeness (QED) is 0.300. The van der Waals surface area contributed by atoms with Crippen molar-refractivity contribution < 1.29 is 9.59 Å². The topological polar surface area (TPSA) is 69.0 Å². The van der Waals surface area contributed by atoms with E-state index in [0.717, 1.165) is 49.2 Å². The number of aromatic amines is 2. The van der Waals surface area contributed by atoms with Crippen LogP contribution in [0.3, 0.4) is 0 Å². The summed E-state index contributed by atoms with van der Waals surface area (Å²) >= 11 is 6.33. The number of hydrogen-bond donors (Lipinski definition) is 2. The van der Waals surface area contributed by atoms with Gasteiger partial charge in [0.15, 0.2) is 0 Å². The molecule has 0 aliphatic carbocycles. The highest BCUT2D eigenvalue weighted by Crippen LogP contribution is 2.44. The molecule has 4 aromatic carbocycles. The molecule has 0 fully saturated rings. The Morgan fingerprint density at radius 3 is 2.03 bits per heavy atom. The first kappa shape index (κ1) is 18.5. The van der Waals surface area contributed by atoms with Crippen LogP contribution >= 0.6 is 11.6 Å². The molecule has 0 radical (unpaired) electrons. The number of aromatic nitrogens is 2. The Bertz CT molecular complexity index is 1800. The van der Waals surface area contributed by atoms with Crippen LogP contribution < -0.4 is 0 Å². The van der Waals surface area contributed by atoms with Crippen LogP contribution in [-0.4, -0.2) is 26.7 Å². The highest BCUT2D eigenvalue weighted by atomic mass is 35.5. The lowest BCUT2D eigenvalue weighted by atomic mass is 9.97. The number of nitrogens with zero attached hydrogens (tertiary/aromatic N) is 1. The zero-order valence-electron chi connectivity index (χ0n) is 17.3. The predicted molar refractivity (Wildman–Crippen MR) is 131 cm³/mol. The maximum Gasteiger partial charge on any atom is 0.262 e. The van der Waals surface area contributed by atoms with Gasteiger partial charge in [-0.15, -0.1) is 0 Å². The summed E-state index contributed by atoms with van der Waals surface area (Å²) in [7, 11) is 0. The average molecular weight is 450 g/mol. The van der Waals surface area contributed by atoms with E-state index in [0.29, 0.717) is 16.1 Å². The van der Waals surface area contributed by atoms with Gasteiger partial charge in [-0.1, -0.05) is 60.1 Å². The Morgan fingerprint density at radius 2 is 1.30 bits per heavy atom. The number of para-hydroxylation sites is 1. The largest absolute Gasteiger partial charge is 0.353 e. The molecule has 3 heterocycles. The lowest BCUT2D eigenvalue weighted by molar-refractivity contribution is 0.0643. The van der Waals surface area contributed by atoms with Crippen molar-refractivity contribution in [3.05, 3.63) is 94.5 Å². The van der Waals surface area contributed by atoms with Crippen molar-refractivity contribution in [1.29, 1.82) is 0 Å². The molecule has 6 aromatic rings. The first-order valence-corrected chi connectivity index (χ1v) is 11.1. The summed E-state index contributed by atoms with van der Waals surface area (Å²) in [6.45, 7) is 0.224. The highest BCUT2D eigenvalue weighted by molar-refractivity contribution is 6.39. The molecule has 1 aliphatic rings. The molecule has 0 saturated carbocycles. The van der Waals surface area contributed by atoms with E-state index in [-0.39, 0.29) is 18.4 Å². The summed E-state index contributed by atoms with van der Waals surface area (Å²) in [5.41, 5.74) is 5.21. The van der Waals surface area contributed by atoms with Crippen LogP contribution in [0.4, 0.5) is 0 Å². The maximum atomic E-state index is 13.8. The Hall–Kier alpha value is -4.09. The van der Waals surface area contributed by atoms with Crippen LogP contribution in [-0.2, 0) is 6.54 Å². The number of halogens is 1. The zero-order chi connectivity index (χ0) is 22.3. The molecular weight excluding hydrogens is 434 g/mol. The fourth-order valence-corrected chi connectivity index (χ4v) is 5.32. The van der Waals surface area contributed by atoms with E-state index in [1.807, 2.05) is 72.8 Å². The molecule has 0 spiro atoms. The highest BCUT2D eigenvalue weighted by Gasteiger charge is 2.40. The van der Waals surface area contributed by atoms with Crippen molar-refractivity contribution >= 4 is 67.0 Å². The number of hydrogen-bond acceptors (Lipinski definition) is 2. The Kier molecular flexibility index (Phi) is 3.62. The number of carbonyl (C=O) groups excluding carboxylic acids is 2. The first-order valence-electron chi connectivity index (χ1n) is 10.7. The van der Waals surface area contributed by atoms with Crippen LogP contribution in [0.25, 0.3) is 43.6 Å². The van der Waals surface area contributed by atoms with Crippen LogP contribution in [0.15, 0.2) is 72.8 Å². The third kappa shape index (κ3) is 2.42. The normalized spacial score (nSPS) is 13.8. The van der Waals surface area contributed by atoms with Crippen molar-refractivity contribution in [1.82, 2.24) is 14.9 Å². The van der Waals surface area contributed by atoms with Gasteiger partial charge in [0, 0.05) is 37.6 Å². The van der Waals surface area contributed by atoms with Gasteiger partial charge in [-0.2, -0.15) is 0 Å². The number of benzene rings is 4. The van der Waals surface area contributed by atoms with Crippen LogP contribution in [0.1, 0.15) is 26.3 Å². The number of rotatable bonds is 2. The molecule has 7 rings (SSSR count). The molecule has 158 valence electrons. The van der Waals surface area contributed by atoms with Crippen molar-refractivity contribution in [3.63, 3.8) is 0 Å². The second kappa shape index (κ2) is 6.47. The molecule has 2 N–H and O–H groups in total. The van der Waals surface area contributed by atoms with E-state index in [4.69, 9.17) is 11.6 Å². The van der Waals surface area contributed by atoms with E-state index in [2.05, 4.69) is 9.97 Å². The fourth-order valence-electron chi connectivity index (χ4n) is 5.15. The number of imide groups is 1. The van der Waals surface area contributed by atoms with Crippen LogP contribution in [0.5, 0.6) is 0 Å². The summed E-state index contributed by atoms with van der Waals surface area (Å²) in [4.78, 5) is 35.9. The van der Waals surface area contributed by atoms with Gasteiger partial charge in [-0.25, -0.2) is 0 Å². The summed E-state index contributed by atoms with van der Waals surface area (Å²) in [6, 6.07) is 23.0. The number of carbonyl (C=O) groups is 2. The number of nitrogens with one attached hydrogen (secondary N) is 2. The number of amides is 2. The van der Waals surface area contributed by atoms with Gasteiger partial charge in [-0.3, -0.25) is 14.5 Å². The van der Waals surface area contributed by atoms with Crippen LogP contribution in [0, 0.1) is 0 Å². The predicted octanol–water partition coefficient (Wildman–Crippen LogP) is 6.41. The van der Waals surface area contributed by atoms with E-state index < -0.39 is 0 Å². The third-order valence-electron chi connectivity index (χ3n) is 6.57. The summed E-state index contributed by atoms with van der Waals surface area (Å²) < 4.78 is 0. The van der Waals surface area contributed by atoms with Gasteiger partial charge in [-0.05, 0) is 29.8 Å². The SMILES string of the molecule is O=C1c2c(c3c4cc(Cl)ccc4[nH]c3c3[nH]c4ccccc4c23)C(=O)N1Cc1ccccc1. The van der Waals surface area contributed by atoms with Crippen molar-refractivity contribution in [2.45, 2.75) is 6.54 Å². The van der Waals surface area contributed by atoms with E-state index in [1.165, 1.54) is 4.90 Å². The van der Waals surface area contributed by atoms with Gasteiger partial charge < -0.3 is 9.97 Å². The second-order valence-electron chi connectivity index (χ2n) is 8.42. The average Bonchev–Trinajstić information content (AvgIpc) is 3.46. The molecule has 2 amide bonds. The smallest absolute Gasteiger partial charge is 0.262 e. The lowest BCUT2D eigenvalue weighted by Crippen LogP contribution is -2.29. The molecular formula is C27H16ClN3O2. The van der Waals surface area contributed by atoms with E-state index >= 15 is 0 Å². The maximum absolute atomic E-state index is 13.8. The van der Waals surface area contributed by atoms with Gasteiger partial charge in [0.2, 0.25) is 0 Å². The molecule has 0 unspecified atom stereocenters. The summed E-state index contributed by atoms with van der Waals surface area (Å²) in [6.07, 6.45) is 0. The Balaban J connectivity index is 1.63. The molecule has 33 heavy (non-hydrogen) atoms. The molecule has 0 saturated heterocycles. The monoisotopic (exact) mass is 449 g/mol. The third-order valence-corrected chi connectivity index (χ3v) is 6.80. The molecule has 2 aromatic heterocycles. The molecule has 1 aliphatic heterocycles.